The summed E-state index contributed by atoms with van der Waals surface area (Å²) in [5.74, 6) is 0.806. The van der Waals surface area contributed by atoms with Gasteiger partial charge in [-0.1, -0.05) is 49.9 Å². The number of esters is 1. The van der Waals surface area contributed by atoms with E-state index in [0.29, 0.717) is 34.3 Å². The van der Waals surface area contributed by atoms with E-state index in [2.05, 4.69) is 17.2 Å². The minimum Gasteiger partial charge on any atom is -0.494 e. The number of rotatable bonds is 10. The van der Waals surface area contributed by atoms with Crippen LogP contribution in [0, 0.1) is 13.8 Å². The standard InChI is InChI=1S/C27H29ClN2O3/c1-4-5-6-7-17-32-23-14-11-21(12-15-23)27(31)33-25-16-13-22(18-20(25)3)29-30-24-10-8-9-19(2)26(24)28/h8-16,18H,4-7,17H2,1-3H3. The van der Waals surface area contributed by atoms with Gasteiger partial charge in [0.25, 0.3) is 0 Å². The van der Waals surface area contributed by atoms with Crippen LogP contribution in [0.5, 0.6) is 11.5 Å². The Kier molecular flexibility index (Phi) is 9.02. The zero-order chi connectivity index (χ0) is 23.6. The third-order valence-corrected chi connectivity index (χ3v) is 5.65. The summed E-state index contributed by atoms with van der Waals surface area (Å²) in [4.78, 5) is 12.6. The summed E-state index contributed by atoms with van der Waals surface area (Å²) in [5, 5.41) is 9.07. The number of halogens is 1. The van der Waals surface area contributed by atoms with Crippen molar-refractivity contribution in [3.05, 3.63) is 82.4 Å². The van der Waals surface area contributed by atoms with Crippen LogP contribution in [0.4, 0.5) is 11.4 Å². The largest absolute Gasteiger partial charge is 0.494 e. The van der Waals surface area contributed by atoms with Crippen molar-refractivity contribution in [3.8, 4) is 11.5 Å². The van der Waals surface area contributed by atoms with Crippen molar-refractivity contribution < 1.29 is 14.3 Å². The Morgan fingerprint density at radius 2 is 1.70 bits per heavy atom. The second kappa shape index (κ2) is 12.2. The summed E-state index contributed by atoms with van der Waals surface area (Å²) in [7, 11) is 0. The smallest absolute Gasteiger partial charge is 0.343 e. The van der Waals surface area contributed by atoms with Gasteiger partial charge in [-0.2, -0.15) is 5.11 Å². The first-order valence-electron chi connectivity index (χ1n) is 11.2. The van der Waals surface area contributed by atoms with Crippen LogP contribution in [0.25, 0.3) is 0 Å². The molecule has 0 unspecified atom stereocenters. The molecule has 3 rings (SSSR count). The SMILES string of the molecule is CCCCCCOc1ccc(C(=O)Oc2ccc(N=Nc3cccc(C)c3Cl)cc2C)cc1. The van der Waals surface area contributed by atoms with Crippen molar-refractivity contribution >= 4 is 28.9 Å². The van der Waals surface area contributed by atoms with Gasteiger partial charge in [0.15, 0.2) is 0 Å². The molecular weight excluding hydrogens is 436 g/mol. The van der Waals surface area contributed by atoms with Crippen LogP contribution in [-0.2, 0) is 0 Å². The number of carbonyl (C=O) groups is 1. The van der Waals surface area contributed by atoms with Crippen LogP contribution in [0.2, 0.25) is 5.02 Å². The van der Waals surface area contributed by atoms with Gasteiger partial charge in [-0.15, -0.1) is 5.11 Å². The van der Waals surface area contributed by atoms with Crippen LogP contribution in [-0.4, -0.2) is 12.6 Å². The van der Waals surface area contributed by atoms with Crippen LogP contribution < -0.4 is 9.47 Å². The number of unbranched alkanes of at least 4 members (excludes halogenated alkanes) is 3. The van der Waals surface area contributed by atoms with E-state index in [9.17, 15) is 4.79 Å². The van der Waals surface area contributed by atoms with E-state index in [4.69, 9.17) is 21.1 Å². The summed E-state index contributed by atoms with van der Waals surface area (Å²) in [5.41, 5.74) is 3.44. The topological polar surface area (TPSA) is 60.2 Å². The first-order chi connectivity index (χ1) is 16.0. The molecule has 0 amide bonds. The molecule has 172 valence electrons. The zero-order valence-electron chi connectivity index (χ0n) is 19.3. The normalized spacial score (nSPS) is 11.0. The molecule has 0 aliphatic carbocycles. The number of benzene rings is 3. The number of azo groups is 1. The molecule has 0 aromatic heterocycles. The second-order valence-corrected chi connectivity index (χ2v) is 8.26. The van der Waals surface area contributed by atoms with Crippen molar-refractivity contribution in [2.24, 2.45) is 10.2 Å². The van der Waals surface area contributed by atoms with Crippen LogP contribution in [0.1, 0.15) is 54.1 Å². The zero-order valence-corrected chi connectivity index (χ0v) is 20.1. The molecule has 0 spiro atoms. The van der Waals surface area contributed by atoms with Crippen LogP contribution in [0.3, 0.4) is 0 Å². The van der Waals surface area contributed by atoms with E-state index in [0.717, 1.165) is 23.3 Å². The molecule has 33 heavy (non-hydrogen) atoms. The Labute approximate surface area is 200 Å². The molecule has 0 fully saturated rings. The molecule has 5 nitrogen and oxygen atoms in total. The number of nitrogens with zero attached hydrogens (tertiary/aromatic N) is 2. The maximum atomic E-state index is 12.6. The quantitative estimate of drug-likeness (QED) is 0.131. The molecule has 0 radical (unpaired) electrons. The number of carbonyl (C=O) groups excluding carboxylic acids is 1. The lowest BCUT2D eigenvalue weighted by atomic mass is 10.2. The van der Waals surface area contributed by atoms with Gasteiger partial charge in [0.2, 0.25) is 0 Å². The summed E-state index contributed by atoms with van der Waals surface area (Å²) >= 11 is 6.27. The van der Waals surface area contributed by atoms with Crippen molar-refractivity contribution in [1.82, 2.24) is 0 Å². The van der Waals surface area contributed by atoms with Crippen molar-refractivity contribution in [2.75, 3.05) is 6.61 Å². The van der Waals surface area contributed by atoms with Crippen molar-refractivity contribution in [3.63, 3.8) is 0 Å². The Bertz CT molecular complexity index is 1110. The van der Waals surface area contributed by atoms with E-state index in [1.807, 2.05) is 38.1 Å². The third-order valence-electron chi connectivity index (χ3n) is 5.16. The molecule has 0 atom stereocenters. The summed E-state index contributed by atoms with van der Waals surface area (Å²) < 4.78 is 11.3. The maximum Gasteiger partial charge on any atom is 0.343 e. The third kappa shape index (κ3) is 7.16. The summed E-state index contributed by atoms with van der Waals surface area (Å²) in [6, 6.07) is 17.9. The van der Waals surface area contributed by atoms with Crippen LogP contribution >= 0.6 is 11.6 Å². The Hall–Kier alpha value is -3.18. The van der Waals surface area contributed by atoms with E-state index >= 15 is 0 Å². The summed E-state index contributed by atoms with van der Waals surface area (Å²) in [6.45, 7) is 6.64. The van der Waals surface area contributed by atoms with E-state index in [1.165, 1.54) is 19.3 Å². The average molecular weight is 465 g/mol. The van der Waals surface area contributed by atoms with Gasteiger partial charge in [0, 0.05) is 0 Å². The fraction of sp³-hybridized carbons (Fsp3) is 0.296. The molecule has 3 aromatic carbocycles. The minimum atomic E-state index is -0.423. The average Bonchev–Trinajstić information content (AvgIpc) is 2.82. The maximum absolute atomic E-state index is 12.6. The fourth-order valence-electron chi connectivity index (χ4n) is 3.20. The Balaban J connectivity index is 1.58. The first-order valence-corrected chi connectivity index (χ1v) is 11.6. The highest BCUT2D eigenvalue weighted by molar-refractivity contribution is 6.33. The van der Waals surface area contributed by atoms with Crippen molar-refractivity contribution in [1.29, 1.82) is 0 Å². The summed E-state index contributed by atoms with van der Waals surface area (Å²) in [6.07, 6.45) is 4.62. The lowest BCUT2D eigenvalue weighted by Gasteiger charge is -2.09. The number of hydrogen-bond acceptors (Lipinski definition) is 5. The fourth-order valence-corrected chi connectivity index (χ4v) is 3.36. The predicted octanol–water partition coefficient (Wildman–Crippen LogP) is 8.55. The highest BCUT2D eigenvalue weighted by Gasteiger charge is 2.11. The van der Waals surface area contributed by atoms with Gasteiger partial charge in [0.05, 0.1) is 22.9 Å². The van der Waals surface area contributed by atoms with Gasteiger partial charge in [-0.25, -0.2) is 4.79 Å². The van der Waals surface area contributed by atoms with Gasteiger partial charge >= 0.3 is 5.97 Å². The van der Waals surface area contributed by atoms with E-state index < -0.39 is 5.97 Å². The number of aryl methyl sites for hydroxylation is 2. The highest BCUT2D eigenvalue weighted by Crippen LogP contribution is 2.31. The predicted molar refractivity (Wildman–Crippen MR) is 133 cm³/mol. The molecule has 0 saturated heterocycles. The molecular formula is C27H29ClN2O3. The van der Waals surface area contributed by atoms with Gasteiger partial charge < -0.3 is 9.47 Å². The van der Waals surface area contributed by atoms with Crippen molar-refractivity contribution in [2.45, 2.75) is 46.5 Å². The number of hydrogen-bond donors (Lipinski definition) is 0. The van der Waals surface area contributed by atoms with E-state index in [1.54, 1.807) is 36.4 Å². The monoisotopic (exact) mass is 464 g/mol. The second-order valence-electron chi connectivity index (χ2n) is 7.88. The molecule has 3 aromatic rings. The van der Waals surface area contributed by atoms with Gasteiger partial charge in [-0.3, -0.25) is 0 Å². The van der Waals surface area contributed by atoms with Gasteiger partial charge in [0.1, 0.15) is 17.2 Å². The molecule has 6 heteroatoms. The molecule has 0 aliphatic rings. The Morgan fingerprint density at radius 3 is 2.42 bits per heavy atom. The molecule has 0 saturated carbocycles. The first kappa shape index (κ1) is 24.5. The molecule has 0 heterocycles. The number of ether oxygens (including phenoxy) is 2. The Morgan fingerprint density at radius 1 is 0.909 bits per heavy atom. The lowest BCUT2D eigenvalue weighted by Crippen LogP contribution is -2.09. The van der Waals surface area contributed by atoms with E-state index in [-0.39, 0.29) is 0 Å². The highest BCUT2D eigenvalue weighted by atomic mass is 35.5. The molecule has 0 N–H and O–H groups in total. The van der Waals surface area contributed by atoms with Crippen LogP contribution in [0.15, 0.2) is 70.9 Å². The molecule has 0 aliphatic heterocycles. The van der Waals surface area contributed by atoms with Gasteiger partial charge in [-0.05, 0) is 79.9 Å². The minimum absolute atomic E-state index is 0.423. The molecule has 0 bridgehead atoms. The lowest BCUT2D eigenvalue weighted by molar-refractivity contribution is 0.0733.